The summed E-state index contributed by atoms with van der Waals surface area (Å²) in [6, 6.07) is 30.5. The van der Waals surface area contributed by atoms with Crippen LogP contribution in [0.2, 0.25) is 5.02 Å². The molecule has 0 saturated heterocycles. The monoisotopic (exact) mass is 453 g/mol. The summed E-state index contributed by atoms with van der Waals surface area (Å²) in [5.74, 6) is 0.386. The maximum atomic E-state index is 12.5. The standard InChI is InChI=1S/C26H20ClN5O/c27-21-15-9-18(10-16-21)17-28-25(33)20-13-11-19(12-14-20)23-7-4-8-24-30-26(31-32(23)24)29-22-5-2-1-3-6-22/h1-16H,17H2,(H,28,33)(H,29,31). The SMILES string of the molecule is O=C(NCc1ccc(Cl)cc1)c1ccc(-c2cccc3nc(Nc4ccccc4)nn23)cc1. The van der Waals surface area contributed by atoms with E-state index in [1.54, 1.807) is 4.52 Å². The Morgan fingerprint density at radius 3 is 2.36 bits per heavy atom. The van der Waals surface area contributed by atoms with Crippen LogP contribution in [0.5, 0.6) is 0 Å². The van der Waals surface area contributed by atoms with Crippen LogP contribution in [0.1, 0.15) is 15.9 Å². The molecule has 5 aromatic rings. The number of para-hydroxylation sites is 1. The number of halogens is 1. The Balaban J connectivity index is 1.33. The molecule has 0 aliphatic rings. The van der Waals surface area contributed by atoms with Gasteiger partial charge in [-0.3, -0.25) is 4.79 Å². The molecule has 0 bridgehead atoms. The fraction of sp³-hybridized carbons (Fsp3) is 0.0385. The number of amides is 1. The van der Waals surface area contributed by atoms with Crippen molar-refractivity contribution in [3.05, 3.63) is 113 Å². The first-order valence-electron chi connectivity index (χ1n) is 10.5. The summed E-state index contributed by atoms with van der Waals surface area (Å²) in [7, 11) is 0. The summed E-state index contributed by atoms with van der Waals surface area (Å²) in [4.78, 5) is 17.1. The first-order chi connectivity index (χ1) is 16.2. The zero-order chi connectivity index (χ0) is 22.6. The number of aromatic nitrogens is 3. The van der Waals surface area contributed by atoms with Crippen LogP contribution < -0.4 is 10.6 Å². The predicted molar refractivity (Wildman–Crippen MR) is 131 cm³/mol. The number of rotatable bonds is 6. The van der Waals surface area contributed by atoms with Crippen molar-refractivity contribution in [2.24, 2.45) is 0 Å². The largest absolute Gasteiger partial charge is 0.348 e. The highest BCUT2D eigenvalue weighted by molar-refractivity contribution is 6.30. The molecule has 0 radical (unpaired) electrons. The molecule has 2 aromatic heterocycles. The van der Waals surface area contributed by atoms with Crippen LogP contribution in [0.4, 0.5) is 11.6 Å². The van der Waals surface area contributed by atoms with Gasteiger partial charge in [0, 0.05) is 28.4 Å². The molecule has 3 aromatic carbocycles. The van der Waals surface area contributed by atoms with Crippen molar-refractivity contribution in [2.75, 3.05) is 5.32 Å². The molecule has 162 valence electrons. The van der Waals surface area contributed by atoms with Crippen molar-refractivity contribution >= 4 is 34.8 Å². The lowest BCUT2D eigenvalue weighted by atomic mass is 10.1. The maximum absolute atomic E-state index is 12.5. The number of hydrogen-bond donors (Lipinski definition) is 2. The van der Waals surface area contributed by atoms with Gasteiger partial charge in [0.25, 0.3) is 5.91 Å². The normalized spacial score (nSPS) is 10.8. The van der Waals surface area contributed by atoms with Gasteiger partial charge in [-0.05, 0) is 54.1 Å². The van der Waals surface area contributed by atoms with Gasteiger partial charge >= 0.3 is 0 Å². The van der Waals surface area contributed by atoms with Gasteiger partial charge in [-0.1, -0.05) is 60.1 Å². The van der Waals surface area contributed by atoms with E-state index in [4.69, 9.17) is 11.6 Å². The molecule has 0 saturated carbocycles. The molecule has 0 atom stereocenters. The average molecular weight is 454 g/mol. The minimum atomic E-state index is -0.134. The lowest BCUT2D eigenvalue weighted by Gasteiger charge is -2.08. The van der Waals surface area contributed by atoms with Gasteiger partial charge in [0.05, 0.1) is 5.69 Å². The Morgan fingerprint density at radius 2 is 1.61 bits per heavy atom. The van der Waals surface area contributed by atoms with E-state index in [9.17, 15) is 4.79 Å². The summed E-state index contributed by atoms with van der Waals surface area (Å²) in [6.45, 7) is 0.438. The molecule has 2 heterocycles. The summed E-state index contributed by atoms with van der Waals surface area (Å²) < 4.78 is 1.79. The lowest BCUT2D eigenvalue weighted by molar-refractivity contribution is 0.0951. The number of carbonyl (C=O) groups excluding carboxylic acids is 1. The first-order valence-corrected chi connectivity index (χ1v) is 10.8. The van der Waals surface area contributed by atoms with Crippen molar-refractivity contribution in [1.82, 2.24) is 19.9 Å². The van der Waals surface area contributed by atoms with Crippen LogP contribution >= 0.6 is 11.6 Å². The highest BCUT2D eigenvalue weighted by atomic mass is 35.5. The molecule has 0 aliphatic carbocycles. The zero-order valence-corrected chi connectivity index (χ0v) is 18.3. The Labute approximate surface area is 195 Å². The smallest absolute Gasteiger partial charge is 0.251 e. The second-order valence-corrected chi connectivity index (χ2v) is 7.93. The zero-order valence-electron chi connectivity index (χ0n) is 17.6. The Hall–Kier alpha value is -4.16. The summed E-state index contributed by atoms with van der Waals surface area (Å²) in [6.07, 6.45) is 0. The highest BCUT2D eigenvalue weighted by Gasteiger charge is 2.11. The fourth-order valence-electron chi connectivity index (χ4n) is 3.51. The Morgan fingerprint density at radius 1 is 0.848 bits per heavy atom. The van der Waals surface area contributed by atoms with Crippen LogP contribution in [0, 0.1) is 0 Å². The van der Waals surface area contributed by atoms with E-state index in [1.165, 1.54) is 0 Å². The van der Waals surface area contributed by atoms with E-state index in [2.05, 4.69) is 20.7 Å². The quantitative estimate of drug-likeness (QED) is 0.345. The van der Waals surface area contributed by atoms with Gasteiger partial charge in [0.2, 0.25) is 5.95 Å². The van der Waals surface area contributed by atoms with Gasteiger partial charge in [-0.2, -0.15) is 4.98 Å². The number of anilines is 2. The minimum Gasteiger partial charge on any atom is -0.348 e. The number of hydrogen-bond acceptors (Lipinski definition) is 4. The number of nitrogens with one attached hydrogen (secondary N) is 2. The molecule has 0 spiro atoms. The van der Waals surface area contributed by atoms with Crippen LogP contribution in [-0.4, -0.2) is 20.5 Å². The van der Waals surface area contributed by atoms with E-state index in [-0.39, 0.29) is 5.91 Å². The number of fused-ring (bicyclic) bond motifs is 1. The third-order valence-corrected chi connectivity index (χ3v) is 5.45. The van der Waals surface area contributed by atoms with E-state index in [0.717, 1.165) is 28.2 Å². The van der Waals surface area contributed by atoms with Gasteiger partial charge < -0.3 is 10.6 Å². The van der Waals surface area contributed by atoms with Crippen molar-refractivity contribution in [3.63, 3.8) is 0 Å². The van der Waals surface area contributed by atoms with Crippen molar-refractivity contribution in [1.29, 1.82) is 0 Å². The van der Waals surface area contributed by atoms with Gasteiger partial charge in [-0.25, -0.2) is 4.52 Å². The molecule has 2 N–H and O–H groups in total. The van der Waals surface area contributed by atoms with E-state index >= 15 is 0 Å². The molecule has 0 aliphatic heterocycles. The molecule has 5 rings (SSSR count). The van der Waals surface area contributed by atoms with Crippen molar-refractivity contribution in [2.45, 2.75) is 6.54 Å². The van der Waals surface area contributed by atoms with Crippen LogP contribution in [0.25, 0.3) is 16.9 Å². The maximum Gasteiger partial charge on any atom is 0.251 e. The summed E-state index contributed by atoms with van der Waals surface area (Å²) in [5, 5.41) is 11.4. The second-order valence-electron chi connectivity index (χ2n) is 7.49. The minimum absolute atomic E-state index is 0.134. The average Bonchev–Trinajstić information content (AvgIpc) is 3.27. The summed E-state index contributed by atoms with van der Waals surface area (Å²) in [5.41, 5.74) is 5.05. The molecule has 6 nitrogen and oxygen atoms in total. The molecule has 0 unspecified atom stereocenters. The Kier molecular flexibility index (Phi) is 5.74. The van der Waals surface area contributed by atoms with Crippen LogP contribution in [0.3, 0.4) is 0 Å². The van der Waals surface area contributed by atoms with Crippen molar-refractivity contribution < 1.29 is 4.79 Å². The molecular weight excluding hydrogens is 434 g/mol. The molecule has 33 heavy (non-hydrogen) atoms. The fourth-order valence-corrected chi connectivity index (χ4v) is 3.63. The van der Waals surface area contributed by atoms with Gasteiger partial charge in [0.15, 0.2) is 5.65 Å². The lowest BCUT2D eigenvalue weighted by Crippen LogP contribution is -2.22. The third kappa shape index (κ3) is 4.71. The highest BCUT2D eigenvalue weighted by Crippen LogP contribution is 2.22. The number of nitrogens with zero attached hydrogens (tertiary/aromatic N) is 3. The van der Waals surface area contributed by atoms with E-state index < -0.39 is 0 Å². The van der Waals surface area contributed by atoms with Crippen LogP contribution in [-0.2, 0) is 6.54 Å². The van der Waals surface area contributed by atoms with E-state index in [1.807, 2.05) is 97.1 Å². The number of benzene rings is 3. The number of pyridine rings is 1. The van der Waals surface area contributed by atoms with E-state index in [0.29, 0.717) is 23.1 Å². The first kappa shape index (κ1) is 20.7. The summed E-state index contributed by atoms with van der Waals surface area (Å²) >= 11 is 5.91. The third-order valence-electron chi connectivity index (χ3n) is 5.20. The topological polar surface area (TPSA) is 71.3 Å². The predicted octanol–water partition coefficient (Wildman–Crippen LogP) is 5.72. The second kappa shape index (κ2) is 9.14. The Bertz CT molecular complexity index is 1400. The van der Waals surface area contributed by atoms with Gasteiger partial charge in [-0.15, -0.1) is 5.10 Å². The molecule has 7 heteroatoms. The van der Waals surface area contributed by atoms with Gasteiger partial charge in [0.1, 0.15) is 0 Å². The molecular formula is C26H20ClN5O. The van der Waals surface area contributed by atoms with Crippen molar-refractivity contribution in [3.8, 4) is 11.3 Å². The molecule has 1 amide bonds. The number of carbonyl (C=O) groups is 1. The van der Waals surface area contributed by atoms with Crippen LogP contribution in [0.15, 0.2) is 97.1 Å². The molecule has 0 fully saturated rings.